The third-order valence-electron chi connectivity index (χ3n) is 4.66. The van der Waals surface area contributed by atoms with Crippen molar-refractivity contribution in [2.24, 2.45) is 18.0 Å². The predicted octanol–water partition coefficient (Wildman–Crippen LogP) is 2.96. The smallest absolute Gasteiger partial charge is 0.191 e. The average molecular weight is 477 g/mol. The fourth-order valence-electron chi connectivity index (χ4n) is 2.92. The van der Waals surface area contributed by atoms with E-state index < -0.39 is 0 Å². The number of rotatable bonds is 10. The fourth-order valence-corrected chi connectivity index (χ4v) is 2.92. The molecule has 1 aliphatic carbocycles. The van der Waals surface area contributed by atoms with Crippen LogP contribution in [0.5, 0.6) is 0 Å². The van der Waals surface area contributed by atoms with E-state index in [0.29, 0.717) is 6.04 Å². The van der Waals surface area contributed by atoms with Crippen molar-refractivity contribution < 1.29 is 4.74 Å². The van der Waals surface area contributed by atoms with E-state index in [1.165, 1.54) is 24.1 Å². The number of hydrogen-bond donors (Lipinski definition) is 2. The van der Waals surface area contributed by atoms with Crippen molar-refractivity contribution in [3.63, 3.8) is 0 Å². The van der Waals surface area contributed by atoms with Gasteiger partial charge in [0.2, 0.25) is 0 Å². The number of aromatic nitrogens is 2. The van der Waals surface area contributed by atoms with Crippen LogP contribution in [0, 0.1) is 19.8 Å². The highest BCUT2D eigenvalue weighted by Crippen LogP contribution is 2.28. The third-order valence-corrected chi connectivity index (χ3v) is 4.66. The first-order chi connectivity index (χ1) is 12.0. The van der Waals surface area contributed by atoms with Gasteiger partial charge >= 0.3 is 0 Å². The second-order valence-corrected chi connectivity index (χ2v) is 7.15. The molecular weight excluding hydrogens is 441 g/mol. The molecule has 1 fully saturated rings. The Morgan fingerprint density at radius 2 is 2.12 bits per heavy atom. The molecule has 1 heterocycles. The zero-order valence-corrected chi connectivity index (χ0v) is 19.3. The Labute approximate surface area is 175 Å². The second kappa shape index (κ2) is 11.8. The van der Waals surface area contributed by atoms with Gasteiger partial charge in [-0.1, -0.05) is 0 Å². The Balaban J connectivity index is 0.00000338. The van der Waals surface area contributed by atoms with Crippen LogP contribution in [0.1, 0.15) is 50.1 Å². The molecule has 2 rings (SSSR count). The van der Waals surface area contributed by atoms with Gasteiger partial charge in [0, 0.05) is 45.1 Å². The Morgan fingerprint density at radius 3 is 2.69 bits per heavy atom. The molecule has 0 spiro atoms. The van der Waals surface area contributed by atoms with Crippen LogP contribution in [0.15, 0.2) is 4.99 Å². The standard InChI is InChI=1S/C19H35N5O.HI/c1-6-20-19(21-10-7-11-25-13-17-8-9-17)22-14(2)12-18-15(3)23-24(5)16(18)4;/h14,17H,6-13H2,1-5H3,(H2,20,21,22);1H. The summed E-state index contributed by atoms with van der Waals surface area (Å²) < 4.78 is 7.63. The summed E-state index contributed by atoms with van der Waals surface area (Å²) in [6.07, 6.45) is 4.61. The summed E-state index contributed by atoms with van der Waals surface area (Å²) in [5, 5.41) is 11.3. The van der Waals surface area contributed by atoms with E-state index >= 15 is 0 Å². The number of ether oxygens (including phenoxy) is 1. The first-order valence-electron chi connectivity index (χ1n) is 9.62. The number of nitrogens with one attached hydrogen (secondary N) is 2. The number of nitrogens with zero attached hydrogens (tertiary/aromatic N) is 3. The van der Waals surface area contributed by atoms with E-state index in [4.69, 9.17) is 4.74 Å². The molecule has 2 N–H and O–H groups in total. The van der Waals surface area contributed by atoms with Crippen LogP contribution in [0.2, 0.25) is 0 Å². The number of aliphatic imine (C=N–C) groups is 1. The van der Waals surface area contributed by atoms with Gasteiger partial charge in [0.15, 0.2) is 5.96 Å². The van der Waals surface area contributed by atoms with Crippen molar-refractivity contribution >= 4 is 29.9 Å². The van der Waals surface area contributed by atoms with Gasteiger partial charge in [-0.2, -0.15) is 5.10 Å². The molecule has 0 bridgehead atoms. The van der Waals surface area contributed by atoms with Crippen LogP contribution in [-0.4, -0.2) is 48.1 Å². The molecule has 1 aliphatic rings. The van der Waals surface area contributed by atoms with Crippen LogP contribution in [0.4, 0.5) is 0 Å². The van der Waals surface area contributed by atoms with Gasteiger partial charge in [0.05, 0.1) is 5.69 Å². The Kier molecular flexibility index (Phi) is 10.5. The second-order valence-electron chi connectivity index (χ2n) is 7.15. The van der Waals surface area contributed by atoms with Crippen LogP contribution >= 0.6 is 24.0 Å². The van der Waals surface area contributed by atoms with Gasteiger partial charge in [0.1, 0.15) is 0 Å². The zero-order valence-electron chi connectivity index (χ0n) is 17.0. The topological polar surface area (TPSA) is 63.5 Å². The molecule has 0 aromatic carbocycles. The summed E-state index contributed by atoms with van der Waals surface area (Å²) in [5.74, 6) is 1.72. The highest BCUT2D eigenvalue weighted by atomic mass is 127. The van der Waals surface area contributed by atoms with Gasteiger partial charge in [-0.3, -0.25) is 9.67 Å². The first kappa shape index (κ1) is 23.2. The van der Waals surface area contributed by atoms with Crippen LogP contribution in [0.3, 0.4) is 0 Å². The average Bonchev–Trinajstić information content (AvgIpc) is 3.35. The molecule has 1 aromatic rings. The van der Waals surface area contributed by atoms with E-state index in [1.54, 1.807) is 0 Å². The van der Waals surface area contributed by atoms with Crippen LogP contribution < -0.4 is 10.6 Å². The lowest BCUT2D eigenvalue weighted by molar-refractivity contribution is 0.123. The fraction of sp³-hybridized carbons (Fsp3) is 0.789. The molecule has 1 aromatic heterocycles. The van der Waals surface area contributed by atoms with E-state index in [9.17, 15) is 0 Å². The summed E-state index contributed by atoms with van der Waals surface area (Å²) in [6, 6.07) is 0.297. The van der Waals surface area contributed by atoms with Crippen molar-refractivity contribution in [3.05, 3.63) is 17.0 Å². The van der Waals surface area contributed by atoms with E-state index in [2.05, 4.69) is 48.4 Å². The third kappa shape index (κ3) is 7.82. The molecule has 7 heteroatoms. The molecule has 6 nitrogen and oxygen atoms in total. The molecule has 150 valence electrons. The highest BCUT2D eigenvalue weighted by Gasteiger charge is 2.20. The first-order valence-corrected chi connectivity index (χ1v) is 9.62. The molecule has 1 unspecified atom stereocenters. The monoisotopic (exact) mass is 477 g/mol. The highest BCUT2D eigenvalue weighted by molar-refractivity contribution is 14.0. The molecule has 0 saturated heterocycles. The van der Waals surface area contributed by atoms with Crippen molar-refractivity contribution in [2.45, 2.75) is 59.4 Å². The number of guanidine groups is 1. The number of halogens is 1. The molecule has 1 saturated carbocycles. The quantitative estimate of drug-likeness (QED) is 0.236. The van der Waals surface area contributed by atoms with Crippen molar-refractivity contribution in [3.8, 4) is 0 Å². The molecule has 1 atom stereocenters. The summed E-state index contributed by atoms with van der Waals surface area (Å²) in [7, 11) is 2.00. The Morgan fingerprint density at radius 1 is 1.38 bits per heavy atom. The van der Waals surface area contributed by atoms with Gasteiger partial charge in [0.25, 0.3) is 0 Å². The van der Waals surface area contributed by atoms with Gasteiger partial charge in [-0.15, -0.1) is 24.0 Å². The Bertz CT molecular complexity index is 569. The van der Waals surface area contributed by atoms with Gasteiger partial charge in [-0.25, -0.2) is 0 Å². The molecule has 0 amide bonds. The van der Waals surface area contributed by atoms with Crippen LogP contribution in [0.25, 0.3) is 0 Å². The van der Waals surface area contributed by atoms with E-state index in [-0.39, 0.29) is 24.0 Å². The van der Waals surface area contributed by atoms with E-state index in [1.807, 2.05) is 11.7 Å². The molecule has 26 heavy (non-hydrogen) atoms. The summed E-state index contributed by atoms with van der Waals surface area (Å²) >= 11 is 0. The van der Waals surface area contributed by atoms with Crippen molar-refractivity contribution in [1.82, 2.24) is 20.4 Å². The maximum atomic E-state index is 5.67. The molecule has 0 aliphatic heterocycles. The van der Waals surface area contributed by atoms with Crippen LogP contribution in [-0.2, 0) is 18.2 Å². The zero-order chi connectivity index (χ0) is 18.2. The van der Waals surface area contributed by atoms with Gasteiger partial charge < -0.3 is 15.4 Å². The number of aryl methyl sites for hydroxylation is 2. The molecular formula is C19H36IN5O. The normalized spacial score (nSPS) is 15.5. The SMILES string of the molecule is CCNC(=NCCCOCC1CC1)NC(C)Cc1c(C)nn(C)c1C.I. The minimum Gasteiger partial charge on any atom is -0.381 e. The Hall–Kier alpha value is -0.830. The van der Waals surface area contributed by atoms with E-state index in [0.717, 1.165) is 56.7 Å². The summed E-state index contributed by atoms with van der Waals surface area (Å²) in [5.41, 5.74) is 3.68. The maximum absolute atomic E-state index is 5.67. The van der Waals surface area contributed by atoms with Crippen molar-refractivity contribution in [2.75, 3.05) is 26.3 Å². The molecule has 0 radical (unpaired) electrons. The minimum absolute atomic E-state index is 0. The predicted molar refractivity (Wildman–Crippen MR) is 119 cm³/mol. The van der Waals surface area contributed by atoms with Crippen molar-refractivity contribution in [1.29, 1.82) is 0 Å². The lowest BCUT2D eigenvalue weighted by Gasteiger charge is -2.18. The van der Waals surface area contributed by atoms with Gasteiger partial charge in [-0.05, 0) is 64.9 Å². The minimum atomic E-state index is 0. The summed E-state index contributed by atoms with van der Waals surface area (Å²) in [4.78, 5) is 4.67. The lowest BCUT2D eigenvalue weighted by Crippen LogP contribution is -2.43. The largest absolute Gasteiger partial charge is 0.381 e. The number of hydrogen-bond acceptors (Lipinski definition) is 3. The summed E-state index contributed by atoms with van der Waals surface area (Å²) in [6.45, 7) is 11.9. The maximum Gasteiger partial charge on any atom is 0.191 e. The lowest BCUT2D eigenvalue weighted by atomic mass is 10.1.